The van der Waals surface area contributed by atoms with Crippen molar-refractivity contribution in [2.45, 2.75) is 19.3 Å². The van der Waals surface area contributed by atoms with Gasteiger partial charge in [0.25, 0.3) is 0 Å². The van der Waals surface area contributed by atoms with Crippen LogP contribution >= 0.6 is 0 Å². The number of methoxy groups -OCH3 is 1. The average molecular weight is 234 g/mol. The van der Waals surface area contributed by atoms with Crippen LogP contribution in [0.15, 0.2) is 18.2 Å². The summed E-state index contributed by atoms with van der Waals surface area (Å²) in [5, 5.41) is 8.91. The predicted octanol–water partition coefficient (Wildman–Crippen LogP) is 1.97. The number of hydrogen-bond acceptors (Lipinski definition) is 3. The number of aliphatic carboxylic acids is 1. The van der Waals surface area contributed by atoms with Crippen molar-refractivity contribution in [3.05, 3.63) is 34.9 Å². The van der Waals surface area contributed by atoms with E-state index < -0.39 is 11.9 Å². The van der Waals surface area contributed by atoms with E-state index in [9.17, 15) is 9.59 Å². The molecule has 1 N–H and O–H groups in total. The largest absolute Gasteiger partial charge is 0.481 e. The first-order valence-corrected chi connectivity index (χ1v) is 5.46. The normalized spacial score (nSPS) is 22.0. The van der Waals surface area contributed by atoms with Gasteiger partial charge in [-0.05, 0) is 42.5 Å². The maximum absolute atomic E-state index is 11.4. The van der Waals surface area contributed by atoms with Gasteiger partial charge >= 0.3 is 11.9 Å². The molecule has 0 heterocycles. The number of aryl methyl sites for hydroxylation is 1. The minimum atomic E-state index is -0.766. The zero-order valence-corrected chi connectivity index (χ0v) is 9.77. The molecular formula is C13H14O4. The number of carbonyl (C=O) groups is 2. The average Bonchev–Trinajstić information content (AvgIpc) is 3.08. The lowest BCUT2D eigenvalue weighted by molar-refractivity contribution is -0.138. The second kappa shape index (κ2) is 4.20. The minimum absolute atomic E-state index is 0.0390. The van der Waals surface area contributed by atoms with Crippen LogP contribution in [-0.4, -0.2) is 24.2 Å². The van der Waals surface area contributed by atoms with E-state index in [1.54, 1.807) is 12.1 Å². The number of carboxylic acid groups (broad SMARTS) is 1. The monoisotopic (exact) mass is 234 g/mol. The first-order valence-electron chi connectivity index (χ1n) is 5.46. The summed E-state index contributed by atoms with van der Waals surface area (Å²) in [4.78, 5) is 22.2. The molecule has 1 aliphatic carbocycles. The third-order valence-corrected chi connectivity index (χ3v) is 3.21. The number of hydrogen-bond donors (Lipinski definition) is 1. The quantitative estimate of drug-likeness (QED) is 0.812. The van der Waals surface area contributed by atoms with Crippen molar-refractivity contribution in [1.82, 2.24) is 0 Å². The summed E-state index contributed by atoms with van der Waals surface area (Å²) in [5.74, 6) is -1.42. The maximum atomic E-state index is 11.4. The third kappa shape index (κ3) is 2.16. The minimum Gasteiger partial charge on any atom is -0.481 e. The Morgan fingerprint density at radius 2 is 2.12 bits per heavy atom. The topological polar surface area (TPSA) is 63.6 Å². The summed E-state index contributed by atoms with van der Waals surface area (Å²) in [6, 6.07) is 5.27. The lowest BCUT2D eigenvalue weighted by Crippen LogP contribution is -2.04. The number of rotatable bonds is 3. The molecule has 0 aromatic heterocycles. The highest BCUT2D eigenvalue weighted by Gasteiger charge is 2.44. The van der Waals surface area contributed by atoms with Crippen molar-refractivity contribution >= 4 is 11.9 Å². The molecule has 1 aromatic rings. The summed E-state index contributed by atoms with van der Waals surface area (Å²) in [6.45, 7) is 1.92. The van der Waals surface area contributed by atoms with Gasteiger partial charge in [0.2, 0.25) is 0 Å². The molecule has 4 heteroatoms. The van der Waals surface area contributed by atoms with Crippen molar-refractivity contribution in [2.75, 3.05) is 7.11 Å². The van der Waals surface area contributed by atoms with Crippen LogP contribution in [0.5, 0.6) is 0 Å². The zero-order valence-electron chi connectivity index (χ0n) is 9.77. The standard InChI is InChI=1S/C13H14O4/c1-7-3-4-8(13(16)17-2)5-9(7)10-6-11(10)12(14)15/h3-5,10-11H,6H2,1-2H3,(H,14,15)/t10-,11+/m0/s1. The molecule has 0 radical (unpaired) electrons. The van der Waals surface area contributed by atoms with E-state index in [2.05, 4.69) is 4.74 Å². The zero-order chi connectivity index (χ0) is 12.6. The second-order valence-electron chi connectivity index (χ2n) is 4.35. The van der Waals surface area contributed by atoms with Crippen LogP contribution in [0, 0.1) is 12.8 Å². The SMILES string of the molecule is COC(=O)c1ccc(C)c([C@@H]2C[C@H]2C(=O)O)c1. The Hall–Kier alpha value is -1.84. The first-order chi connectivity index (χ1) is 8.04. The Bertz CT molecular complexity index is 478. The van der Waals surface area contributed by atoms with E-state index in [0.29, 0.717) is 12.0 Å². The van der Waals surface area contributed by atoms with Crippen LogP contribution < -0.4 is 0 Å². The first kappa shape index (κ1) is 11.6. The van der Waals surface area contributed by atoms with Gasteiger partial charge in [-0.3, -0.25) is 4.79 Å². The molecule has 1 aromatic carbocycles. The third-order valence-electron chi connectivity index (χ3n) is 3.21. The lowest BCUT2D eigenvalue weighted by Gasteiger charge is -2.07. The van der Waals surface area contributed by atoms with Gasteiger partial charge in [-0.25, -0.2) is 4.79 Å². The van der Waals surface area contributed by atoms with Gasteiger partial charge in [0.15, 0.2) is 0 Å². The van der Waals surface area contributed by atoms with E-state index in [0.717, 1.165) is 11.1 Å². The summed E-state index contributed by atoms with van der Waals surface area (Å²) in [6.07, 6.45) is 0.654. The van der Waals surface area contributed by atoms with Crippen molar-refractivity contribution in [3.63, 3.8) is 0 Å². The molecule has 0 unspecified atom stereocenters. The molecular weight excluding hydrogens is 220 g/mol. The molecule has 90 valence electrons. The molecule has 1 saturated carbocycles. The van der Waals surface area contributed by atoms with Gasteiger partial charge in [0.1, 0.15) is 0 Å². The number of carboxylic acids is 1. The van der Waals surface area contributed by atoms with Gasteiger partial charge in [-0.15, -0.1) is 0 Å². The van der Waals surface area contributed by atoms with Crippen LogP contribution in [0.1, 0.15) is 33.8 Å². The highest BCUT2D eigenvalue weighted by Crippen LogP contribution is 2.48. The van der Waals surface area contributed by atoms with Crippen molar-refractivity contribution in [2.24, 2.45) is 5.92 Å². The molecule has 2 atom stereocenters. The van der Waals surface area contributed by atoms with Crippen LogP contribution in [0.25, 0.3) is 0 Å². The van der Waals surface area contributed by atoms with Gasteiger partial charge in [-0.1, -0.05) is 6.07 Å². The van der Waals surface area contributed by atoms with E-state index >= 15 is 0 Å². The van der Waals surface area contributed by atoms with Gasteiger partial charge < -0.3 is 9.84 Å². The molecule has 1 aliphatic rings. The smallest absolute Gasteiger partial charge is 0.337 e. The number of benzene rings is 1. The van der Waals surface area contributed by atoms with Crippen molar-refractivity contribution < 1.29 is 19.4 Å². The van der Waals surface area contributed by atoms with Gasteiger partial charge in [-0.2, -0.15) is 0 Å². The Morgan fingerprint density at radius 3 is 2.65 bits per heavy atom. The lowest BCUT2D eigenvalue weighted by atomic mass is 10.00. The van der Waals surface area contributed by atoms with E-state index in [1.807, 2.05) is 13.0 Å². The molecule has 0 amide bonds. The number of carbonyl (C=O) groups excluding carboxylic acids is 1. The fourth-order valence-corrected chi connectivity index (χ4v) is 2.10. The van der Waals surface area contributed by atoms with Crippen LogP contribution in [0.2, 0.25) is 0 Å². The fraction of sp³-hybridized carbons (Fsp3) is 0.385. The molecule has 2 rings (SSSR count). The Balaban J connectivity index is 2.28. The van der Waals surface area contributed by atoms with E-state index in [1.165, 1.54) is 7.11 Å². The molecule has 1 fully saturated rings. The van der Waals surface area contributed by atoms with Crippen molar-refractivity contribution in [3.8, 4) is 0 Å². The summed E-state index contributed by atoms with van der Waals surface area (Å²) < 4.78 is 4.65. The van der Waals surface area contributed by atoms with Gasteiger partial charge in [0.05, 0.1) is 18.6 Å². The molecule has 0 saturated heterocycles. The van der Waals surface area contributed by atoms with E-state index in [4.69, 9.17) is 5.11 Å². The Kier molecular flexibility index (Phi) is 2.88. The molecule has 0 aliphatic heterocycles. The van der Waals surface area contributed by atoms with Gasteiger partial charge in [0, 0.05) is 0 Å². The fourth-order valence-electron chi connectivity index (χ4n) is 2.10. The van der Waals surface area contributed by atoms with Crippen molar-refractivity contribution in [1.29, 1.82) is 0 Å². The van der Waals surface area contributed by atoms with Crippen LogP contribution in [0.4, 0.5) is 0 Å². The molecule has 17 heavy (non-hydrogen) atoms. The Morgan fingerprint density at radius 1 is 1.41 bits per heavy atom. The molecule has 0 bridgehead atoms. The maximum Gasteiger partial charge on any atom is 0.337 e. The highest BCUT2D eigenvalue weighted by atomic mass is 16.5. The summed E-state index contributed by atoms with van der Waals surface area (Å²) >= 11 is 0. The number of esters is 1. The predicted molar refractivity (Wildman–Crippen MR) is 61.0 cm³/mol. The summed E-state index contributed by atoms with van der Waals surface area (Å²) in [7, 11) is 1.33. The number of ether oxygens (including phenoxy) is 1. The molecule has 4 nitrogen and oxygen atoms in total. The highest BCUT2D eigenvalue weighted by molar-refractivity contribution is 5.89. The molecule has 0 spiro atoms. The Labute approximate surface area is 99.2 Å². The van der Waals surface area contributed by atoms with Crippen LogP contribution in [-0.2, 0) is 9.53 Å². The van der Waals surface area contributed by atoms with E-state index in [-0.39, 0.29) is 11.8 Å². The summed E-state index contributed by atoms with van der Waals surface area (Å²) in [5.41, 5.74) is 2.44. The van der Waals surface area contributed by atoms with Crippen LogP contribution in [0.3, 0.4) is 0 Å². The second-order valence-corrected chi connectivity index (χ2v) is 4.35.